The van der Waals surface area contributed by atoms with E-state index in [4.69, 9.17) is 9.26 Å². The van der Waals surface area contributed by atoms with Crippen LogP contribution < -0.4 is 5.32 Å². The first-order valence-corrected chi connectivity index (χ1v) is 6.43. The van der Waals surface area contributed by atoms with Crippen molar-refractivity contribution < 1.29 is 14.1 Å². The van der Waals surface area contributed by atoms with Crippen LogP contribution in [-0.4, -0.2) is 30.8 Å². The van der Waals surface area contributed by atoms with Crippen LogP contribution in [0.4, 0.5) is 0 Å². The number of carbonyl (C=O) groups excluding carboxylic acids is 1. The second kappa shape index (κ2) is 6.34. The van der Waals surface area contributed by atoms with Crippen LogP contribution in [0.2, 0.25) is 0 Å². The van der Waals surface area contributed by atoms with Crippen molar-refractivity contribution in [2.75, 3.05) is 13.7 Å². The second-order valence-corrected chi connectivity index (χ2v) is 4.77. The first-order chi connectivity index (χ1) is 9.60. The highest BCUT2D eigenvalue weighted by atomic mass is 16.5. The van der Waals surface area contributed by atoms with Crippen LogP contribution in [0.1, 0.15) is 23.0 Å². The Morgan fingerprint density at radius 1 is 1.40 bits per heavy atom. The maximum absolute atomic E-state index is 11.9. The summed E-state index contributed by atoms with van der Waals surface area (Å²) in [5.41, 5.74) is 2.33. The minimum Gasteiger partial charge on any atom is -0.383 e. The van der Waals surface area contributed by atoms with Crippen molar-refractivity contribution in [3.8, 4) is 11.3 Å². The molecule has 0 aliphatic rings. The molecule has 0 aliphatic heterocycles. The number of amides is 1. The van der Waals surface area contributed by atoms with Crippen LogP contribution in [0.15, 0.2) is 34.9 Å². The molecular formula is C15H18N2O3. The Morgan fingerprint density at radius 2 is 2.10 bits per heavy atom. The van der Waals surface area contributed by atoms with Gasteiger partial charge in [0.2, 0.25) is 0 Å². The van der Waals surface area contributed by atoms with Crippen LogP contribution >= 0.6 is 0 Å². The summed E-state index contributed by atoms with van der Waals surface area (Å²) in [5, 5.41) is 6.58. The smallest absolute Gasteiger partial charge is 0.273 e. The van der Waals surface area contributed by atoms with Gasteiger partial charge in [0.05, 0.1) is 6.61 Å². The molecule has 0 saturated heterocycles. The molecule has 0 bridgehead atoms. The monoisotopic (exact) mass is 274 g/mol. The first-order valence-electron chi connectivity index (χ1n) is 6.43. The topological polar surface area (TPSA) is 64.4 Å². The summed E-state index contributed by atoms with van der Waals surface area (Å²) < 4.78 is 10.2. The third-order valence-corrected chi connectivity index (χ3v) is 2.87. The van der Waals surface area contributed by atoms with Crippen molar-refractivity contribution in [1.82, 2.24) is 10.5 Å². The molecule has 1 atom stereocenters. The molecule has 2 aromatic rings. The van der Waals surface area contributed by atoms with Gasteiger partial charge in [0, 0.05) is 24.8 Å². The quantitative estimate of drug-likeness (QED) is 0.909. The van der Waals surface area contributed by atoms with Gasteiger partial charge in [0.1, 0.15) is 0 Å². The first kappa shape index (κ1) is 14.3. The van der Waals surface area contributed by atoms with E-state index in [1.54, 1.807) is 13.2 Å². The molecule has 1 aromatic carbocycles. The third kappa shape index (κ3) is 3.45. The Labute approximate surface area is 117 Å². The fourth-order valence-electron chi connectivity index (χ4n) is 1.83. The molecule has 0 spiro atoms. The van der Waals surface area contributed by atoms with Crippen molar-refractivity contribution in [2.45, 2.75) is 19.9 Å². The van der Waals surface area contributed by atoms with Gasteiger partial charge in [-0.25, -0.2) is 0 Å². The highest BCUT2D eigenvalue weighted by Gasteiger charge is 2.15. The van der Waals surface area contributed by atoms with E-state index in [-0.39, 0.29) is 17.6 Å². The van der Waals surface area contributed by atoms with E-state index in [0.29, 0.717) is 12.4 Å². The van der Waals surface area contributed by atoms with Crippen molar-refractivity contribution in [1.29, 1.82) is 0 Å². The van der Waals surface area contributed by atoms with E-state index < -0.39 is 0 Å². The Bertz CT molecular complexity index is 575. The summed E-state index contributed by atoms with van der Waals surface area (Å²) in [6, 6.07) is 9.40. The average Bonchev–Trinajstić information content (AvgIpc) is 2.89. The summed E-state index contributed by atoms with van der Waals surface area (Å²) in [6.07, 6.45) is 0. The van der Waals surface area contributed by atoms with E-state index in [9.17, 15) is 4.79 Å². The fraction of sp³-hybridized carbons (Fsp3) is 0.333. The number of methoxy groups -OCH3 is 1. The molecule has 106 valence electrons. The summed E-state index contributed by atoms with van der Waals surface area (Å²) >= 11 is 0. The van der Waals surface area contributed by atoms with E-state index in [1.165, 1.54) is 5.56 Å². The van der Waals surface area contributed by atoms with Gasteiger partial charge in [-0.3, -0.25) is 4.79 Å². The lowest BCUT2D eigenvalue weighted by atomic mass is 10.1. The molecule has 0 aliphatic carbocycles. The molecule has 0 fully saturated rings. The number of rotatable bonds is 5. The number of nitrogens with zero attached hydrogens (tertiary/aromatic N) is 1. The molecule has 0 unspecified atom stereocenters. The predicted molar refractivity (Wildman–Crippen MR) is 75.5 cm³/mol. The number of ether oxygens (including phenoxy) is 1. The molecule has 1 amide bonds. The predicted octanol–water partition coefficient (Wildman–Crippen LogP) is 2.41. The molecule has 0 radical (unpaired) electrons. The number of carbonyl (C=O) groups is 1. The molecular weight excluding hydrogens is 256 g/mol. The molecule has 5 nitrogen and oxygen atoms in total. The van der Waals surface area contributed by atoms with Gasteiger partial charge in [0.25, 0.3) is 5.91 Å². The van der Waals surface area contributed by atoms with E-state index in [1.807, 2.05) is 38.1 Å². The van der Waals surface area contributed by atoms with Crippen molar-refractivity contribution in [3.05, 3.63) is 41.6 Å². The van der Waals surface area contributed by atoms with Crippen LogP contribution in [0.5, 0.6) is 0 Å². The zero-order chi connectivity index (χ0) is 14.5. The second-order valence-electron chi connectivity index (χ2n) is 4.77. The maximum Gasteiger partial charge on any atom is 0.273 e. The van der Waals surface area contributed by atoms with Crippen LogP contribution in [0.3, 0.4) is 0 Å². The molecule has 5 heteroatoms. The summed E-state index contributed by atoms with van der Waals surface area (Å²) in [6.45, 7) is 4.33. The SMILES string of the molecule is COC[C@H](C)NC(=O)c1cc(-c2ccc(C)cc2)on1. The van der Waals surface area contributed by atoms with Gasteiger partial charge in [-0.05, 0) is 13.8 Å². The maximum atomic E-state index is 11.9. The number of hydrogen-bond acceptors (Lipinski definition) is 4. The lowest BCUT2D eigenvalue weighted by molar-refractivity contribution is 0.0896. The molecule has 1 heterocycles. The van der Waals surface area contributed by atoms with Crippen LogP contribution in [0.25, 0.3) is 11.3 Å². The Balaban J connectivity index is 2.08. The van der Waals surface area contributed by atoms with E-state index in [0.717, 1.165) is 5.56 Å². The van der Waals surface area contributed by atoms with Gasteiger partial charge >= 0.3 is 0 Å². The van der Waals surface area contributed by atoms with Gasteiger partial charge in [0.15, 0.2) is 11.5 Å². The van der Waals surface area contributed by atoms with Gasteiger partial charge < -0.3 is 14.6 Å². The van der Waals surface area contributed by atoms with Crippen molar-refractivity contribution in [3.63, 3.8) is 0 Å². The Morgan fingerprint density at radius 3 is 2.75 bits per heavy atom. The van der Waals surface area contributed by atoms with Gasteiger partial charge in [-0.1, -0.05) is 35.0 Å². The Kier molecular flexibility index (Phi) is 4.53. The van der Waals surface area contributed by atoms with Crippen LogP contribution in [-0.2, 0) is 4.74 Å². The molecule has 1 aromatic heterocycles. The fourth-order valence-corrected chi connectivity index (χ4v) is 1.83. The summed E-state index contributed by atoms with van der Waals surface area (Å²) in [4.78, 5) is 11.9. The van der Waals surface area contributed by atoms with Gasteiger partial charge in [-0.15, -0.1) is 0 Å². The minimum atomic E-state index is -0.267. The lowest BCUT2D eigenvalue weighted by Gasteiger charge is -2.10. The van der Waals surface area contributed by atoms with Crippen molar-refractivity contribution in [2.24, 2.45) is 0 Å². The number of nitrogens with one attached hydrogen (secondary N) is 1. The minimum absolute atomic E-state index is 0.0768. The standard InChI is InChI=1S/C15H18N2O3/c1-10-4-6-12(7-5-10)14-8-13(17-20-14)15(18)16-11(2)9-19-3/h4-8,11H,9H2,1-3H3,(H,16,18)/t11-/m0/s1. The third-order valence-electron chi connectivity index (χ3n) is 2.87. The average molecular weight is 274 g/mol. The highest BCUT2D eigenvalue weighted by Crippen LogP contribution is 2.20. The molecule has 2 rings (SSSR count). The van der Waals surface area contributed by atoms with Crippen LogP contribution in [0, 0.1) is 6.92 Å². The van der Waals surface area contributed by atoms with E-state index >= 15 is 0 Å². The number of benzene rings is 1. The lowest BCUT2D eigenvalue weighted by Crippen LogP contribution is -2.35. The number of hydrogen-bond donors (Lipinski definition) is 1. The number of aromatic nitrogens is 1. The zero-order valence-corrected chi connectivity index (χ0v) is 11.8. The molecule has 0 saturated carbocycles. The molecule has 1 N–H and O–H groups in total. The van der Waals surface area contributed by atoms with E-state index in [2.05, 4.69) is 10.5 Å². The normalized spacial score (nSPS) is 12.2. The zero-order valence-electron chi connectivity index (χ0n) is 11.8. The largest absolute Gasteiger partial charge is 0.383 e. The molecule has 20 heavy (non-hydrogen) atoms. The van der Waals surface area contributed by atoms with Crippen molar-refractivity contribution >= 4 is 5.91 Å². The Hall–Kier alpha value is -2.14. The summed E-state index contributed by atoms with van der Waals surface area (Å²) in [5.74, 6) is 0.311. The summed E-state index contributed by atoms with van der Waals surface area (Å²) in [7, 11) is 1.59. The van der Waals surface area contributed by atoms with Gasteiger partial charge in [-0.2, -0.15) is 0 Å². The highest BCUT2D eigenvalue weighted by molar-refractivity contribution is 5.93. The number of aryl methyl sites for hydroxylation is 1.